The van der Waals surface area contributed by atoms with Crippen molar-refractivity contribution in [3.63, 3.8) is 0 Å². The Balaban J connectivity index is 2.64. The maximum absolute atomic E-state index is 12.1. The first-order chi connectivity index (χ1) is 9.85. The summed E-state index contributed by atoms with van der Waals surface area (Å²) in [6.07, 6.45) is 0.688. The van der Waals surface area contributed by atoms with Crippen LogP contribution in [-0.4, -0.2) is 35.1 Å². The predicted molar refractivity (Wildman–Crippen MR) is 85.0 cm³/mol. The smallest absolute Gasteiger partial charge is 0.326 e. The topological polar surface area (TPSA) is 69.6 Å². The van der Waals surface area contributed by atoms with E-state index >= 15 is 0 Å². The van der Waals surface area contributed by atoms with Gasteiger partial charge in [0.05, 0.1) is 0 Å². The molecule has 0 saturated carbocycles. The first-order valence-corrected chi connectivity index (χ1v) is 7.63. The molecule has 6 heteroatoms. The molecule has 0 aromatic heterocycles. The van der Waals surface area contributed by atoms with E-state index in [2.05, 4.69) is 21.2 Å². The number of carboxylic acid groups (broad SMARTS) is 1. The summed E-state index contributed by atoms with van der Waals surface area (Å²) < 4.78 is 0.973. The molecule has 0 fully saturated rings. The lowest BCUT2D eigenvalue weighted by atomic mass is 9.99. The largest absolute Gasteiger partial charge is 0.480 e. The summed E-state index contributed by atoms with van der Waals surface area (Å²) in [5, 5.41) is 11.8. The quantitative estimate of drug-likeness (QED) is 0.822. The summed E-state index contributed by atoms with van der Waals surface area (Å²) in [5.74, 6) is -1.12. The zero-order valence-electron chi connectivity index (χ0n) is 12.5. The summed E-state index contributed by atoms with van der Waals surface area (Å²) in [5.41, 5.74) is 0.978. The van der Waals surface area contributed by atoms with Gasteiger partial charge in [0, 0.05) is 18.1 Å². The van der Waals surface area contributed by atoms with Gasteiger partial charge >= 0.3 is 12.0 Å². The molecule has 21 heavy (non-hydrogen) atoms. The fourth-order valence-corrected chi connectivity index (χ4v) is 2.13. The van der Waals surface area contributed by atoms with Crippen LogP contribution in [0.5, 0.6) is 0 Å². The number of amides is 2. The van der Waals surface area contributed by atoms with Gasteiger partial charge in [0.25, 0.3) is 0 Å². The van der Waals surface area contributed by atoms with Gasteiger partial charge in [-0.3, -0.25) is 0 Å². The van der Waals surface area contributed by atoms with E-state index in [4.69, 9.17) is 0 Å². The number of halogens is 1. The van der Waals surface area contributed by atoms with Gasteiger partial charge in [-0.25, -0.2) is 9.59 Å². The third kappa shape index (κ3) is 5.38. The molecule has 0 saturated heterocycles. The summed E-state index contributed by atoms with van der Waals surface area (Å²) in [6.45, 7) is 4.14. The molecule has 0 radical (unpaired) electrons. The van der Waals surface area contributed by atoms with Crippen molar-refractivity contribution >= 4 is 27.9 Å². The van der Waals surface area contributed by atoms with Crippen molar-refractivity contribution in [3.05, 3.63) is 34.3 Å². The van der Waals surface area contributed by atoms with Crippen LogP contribution < -0.4 is 5.32 Å². The van der Waals surface area contributed by atoms with Crippen molar-refractivity contribution in [3.8, 4) is 0 Å². The Kier molecular flexibility index (Phi) is 6.68. The van der Waals surface area contributed by atoms with Crippen LogP contribution in [0.1, 0.15) is 25.8 Å². The number of urea groups is 1. The molecule has 2 N–H and O–H groups in total. The van der Waals surface area contributed by atoms with Crippen molar-refractivity contribution in [2.24, 2.45) is 5.92 Å². The van der Waals surface area contributed by atoms with E-state index in [9.17, 15) is 14.7 Å². The molecule has 0 bridgehead atoms. The third-order valence-corrected chi connectivity index (χ3v) is 3.97. The SMILES string of the molecule is CCC(C)C(NC(=O)N(C)Cc1ccc(Br)cc1)C(=O)O. The third-order valence-electron chi connectivity index (χ3n) is 3.44. The van der Waals surface area contributed by atoms with Gasteiger partial charge < -0.3 is 15.3 Å². The highest BCUT2D eigenvalue weighted by atomic mass is 79.9. The fraction of sp³-hybridized carbons (Fsp3) is 0.467. The van der Waals surface area contributed by atoms with E-state index < -0.39 is 12.0 Å². The Labute approximate surface area is 133 Å². The number of hydrogen-bond donors (Lipinski definition) is 2. The van der Waals surface area contributed by atoms with Crippen LogP contribution in [-0.2, 0) is 11.3 Å². The second-order valence-corrected chi connectivity index (χ2v) is 6.05. The number of benzene rings is 1. The molecule has 0 aliphatic heterocycles. The first-order valence-electron chi connectivity index (χ1n) is 6.84. The number of carboxylic acids is 1. The number of nitrogens with one attached hydrogen (secondary N) is 1. The molecule has 116 valence electrons. The van der Waals surface area contributed by atoms with Gasteiger partial charge in [0.15, 0.2) is 0 Å². The summed E-state index contributed by atoms with van der Waals surface area (Å²) >= 11 is 3.35. The lowest BCUT2D eigenvalue weighted by molar-refractivity contribution is -0.140. The second-order valence-electron chi connectivity index (χ2n) is 5.13. The van der Waals surface area contributed by atoms with Gasteiger partial charge in [-0.2, -0.15) is 0 Å². The Hall–Kier alpha value is -1.56. The minimum absolute atomic E-state index is 0.118. The molecule has 1 rings (SSSR count). The molecule has 0 aliphatic rings. The van der Waals surface area contributed by atoms with E-state index in [1.54, 1.807) is 7.05 Å². The number of hydrogen-bond acceptors (Lipinski definition) is 2. The van der Waals surface area contributed by atoms with Crippen LogP contribution >= 0.6 is 15.9 Å². The Morgan fingerprint density at radius 1 is 1.33 bits per heavy atom. The van der Waals surface area contributed by atoms with Crippen LogP contribution in [0.4, 0.5) is 4.79 Å². The number of aliphatic carboxylic acids is 1. The van der Waals surface area contributed by atoms with Gasteiger partial charge in [0.2, 0.25) is 0 Å². The van der Waals surface area contributed by atoms with E-state index in [1.165, 1.54) is 4.90 Å². The number of carbonyl (C=O) groups is 2. The summed E-state index contributed by atoms with van der Waals surface area (Å²) in [6, 6.07) is 6.38. The highest BCUT2D eigenvalue weighted by Gasteiger charge is 2.26. The fourth-order valence-electron chi connectivity index (χ4n) is 1.86. The lowest BCUT2D eigenvalue weighted by Crippen LogP contribution is -2.49. The monoisotopic (exact) mass is 356 g/mol. The van der Waals surface area contributed by atoms with Crippen molar-refractivity contribution in [1.29, 1.82) is 0 Å². The Morgan fingerprint density at radius 3 is 2.38 bits per heavy atom. The number of carbonyl (C=O) groups excluding carboxylic acids is 1. The van der Waals surface area contributed by atoms with Gasteiger partial charge in [0.1, 0.15) is 6.04 Å². The standard InChI is InChI=1S/C15H21BrN2O3/c1-4-10(2)13(14(19)20)17-15(21)18(3)9-11-5-7-12(16)8-6-11/h5-8,10,13H,4,9H2,1-3H3,(H,17,21)(H,19,20). The average molecular weight is 357 g/mol. The molecule has 1 aromatic carbocycles. The van der Waals surface area contributed by atoms with Crippen LogP contribution in [0.2, 0.25) is 0 Å². The zero-order valence-corrected chi connectivity index (χ0v) is 14.1. The maximum Gasteiger partial charge on any atom is 0.326 e. The molecular weight excluding hydrogens is 336 g/mol. The normalized spacial score (nSPS) is 13.3. The number of nitrogens with zero attached hydrogens (tertiary/aromatic N) is 1. The minimum atomic E-state index is -1.00. The minimum Gasteiger partial charge on any atom is -0.480 e. The van der Waals surface area contributed by atoms with E-state index in [0.29, 0.717) is 13.0 Å². The molecule has 0 heterocycles. The van der Waals surface area contributed by atoms with E-state index in [0.717, 1.165) is 10.0 Å². The van der Waals surface area contributed by atoms with Crippen LogP contribution in [0.25, 0.3) is 0 Å². The molecule has 0 aliphatic carbocycles. The van der Waals surface area contributed by atoms with E-state index in [1.807, 2.05) is 38.1 Å². The van der Waals surface area contributed by atoms with Crippen molar-refractivity contribution in [2.75, 3.05) is 7.05 Å². The molecule has 2 atom stereocenters. The summed E-state index contributed by atoms with van der Waals surface area (Å²) in [7, 11) is 1.65. The van der Waals surface area contributed by atoms with Crippen molar-refractivity contribution in [1.82, 2.24) is 10.2 Å². The van der Waals surface area contributed by atoms with Gasteiger partial charge in [-0.15, -0.1) is 0 Å². The van der Waals surface area contributed by atoms with Crippen molar-refractivity contribution in [2.45, 2.75) is 32.9 Å². The molecule has 5 nitrogen and oxygen atoms in total. The Bertz CT molecular complexity index is 490. The maximum atomic E-state index is 12.1. The molecule has 2 amide bonds. The number of rotatable bonds is 6. The highest BCUT2D eigenvalue weighted by molar-refractivity contribution is 9.10. The first kappa shape index (κ1) is 17.5. The predicted octanol–water partition coefficient (Wildman–Crippen LogP) is 3.09. The van der Waals surface area contributed by atoms with Crippen LogP contribution in [0.3, 0.4) is 0 Å². The molecular formula is C15H21BrN2O3. The average Bonchev–Trinajstić information content (AvgIpc) is 2.45. The second kappa shape index (κ2) is 8.02. The molecule has 2 unspecified atom stereocenters. The molecule has 1 aromatic rings. The lowest BCUT2D eigenvalue weighted by Gasteiger charge is -2.24. The van der Waals surface area contributed by atoms with Gasteiger partial charge in [-0.05, 0) is 23.6 Å². The molecule has 0 spiro atoms. The Morgan fingerprint density at radius 2 is 1.90 bits per heavy atom. The highest BCUT2D eigenvalue weighted by Crippen LogP contribution is 2.12. The van der Waals surface area contributed by atoms with Crippen LogP contribution in [0, 0.1) is 5.92 Å². The van der Waals surface area contributed by atoms with E-state index in [-0.39, 0.29) is 11.9 Å². The van der Waals surface area contributed by atoms with Crippen molar-refractivity contribution < 1.29 is 14.7 Å². The zero-order chi connectivity index (χ0) is 16.0. The van der Waals surface area contributed by atoms with Crippen LogP contribution in [0.15, 0.2) is 28.7 Å². The summed E-state index contributed by atoms with van der Waals surface area (Å²) in [4.78, 5) is 24.8. The van der Waals surface area contributed by atoms with Gasteiger partial charge in [-0.1, -0.05) is 48.3 Å².